The van der Waals surface area contributed by atoms with Crippen LogP contribution >= 0.6 is 50.1 Å². The molecule has 0 saturated carbocycles. The van der Waals surface area contributed by atoms with Gasteiger partial charge in [-0.3, -0.25) is 0 Å². The molecular weight excluding hydrogens is 424 g/mol. The van der Waals surface area contributed by atoms with Crippen molar-refractivity contribution >= 4 is 50.1 Å². The number of nitrogens with two attached hydrogens (primary N) is 1. The predicted octanol–water partition coefficient (Wildman–Crippen LogP) is 4.95. The molecule has 2 aromatic rings. The maximum atomic E-state index is 6.21. The maximum Gasteiger partial charge on any atom is 0.0551 e. The van der Waals surface area contributed by atoms with Crippen molar-refractivity contribution < 1.29 is 0 Å². The zero-order valence-corrected chi connectivity index (χ0v) is 14.0. The number of benzene rings is 2. The first kappa shape index (κ1) is 14.3. The van der Waals surface area contributed by atoms with Crippen LogP contribution in [0.1, 0.15) is 17.2 Å². The van der Waals surface area contributed by atoms with Gasteiger partial charge in [-0.25, -0.2) is 0 Å². The molecule has 2 rings (SSSR count). The van der Waals surface area contributed by atoms with Crippen LogP contribution in [0, 0.1) is 3.57 Å². The zero-order valence-electron chi connectivity index (χ0n) is 9.54. The van der Waals surface area contributed by atoms with Gasteiger partial charge in [0.15, 0.2) is 0 Å². The third-order valence-corrected chi connectivity index (χ3v) is 4.69. The van der Waals surface area contributed by atoms with Crippen LogP contribution in [0.4, 0.5) is 0 Å². The third kappa shape index (κ3) is 3.70. The van der Waals surface area contributed by atoms with Crippen molar-refractivity contribution in [1.29, 1.82) is 0 Å². The van der Waals surface area contributed by atoms with Crippen LogP contribution < -0.4 is 5.73 Å². The van der Waals surface area contributed by atoms with E-state index in [4.69, 9.17) is 17.3 Å². The Morgan fingerprint density at radius 3 is 2.44 bits per heavy atom. The standard InChI is InChI=1S/C14H12BrClIN/c15-12-6-3-10(8-13(12)16)14(18)7-9-1-4-11(17)5-2-9/h1-6,8,14H,7,18H2. The summed E-state index contributed by atoms with van der Waals surface area (Å²) in [6.45, 7) is 0. The van der Waals surface area contributed by atoms with E-state index in [9.17, 15) is 0 Å². The van der Waals surface area contributed by atoms with E-state index in [0.717, 1.165) is 16.5 Å². The Kier molecular flexibility index (Phi) is 5.06. The molecule has 0 saturated heterocycles. The molecule has 1 nitrogen and oxygen atoms in total. The molecule has 0 bridgehead atoms. The van der Waals surface area contributed by atoms with Crippen LogP contribution in [-0.4, -0.2) is 0 Å². The molecule has 0 amide bonds. The Morgan fingerprint density at radius 2 is 1.83 bits per heavy atom. The molecule has 0 radical (unpaired) electrons. The number of halogens is 3. The average molecular weight is 437 g/mol. The summed E-state index contributed by atoms with van der Waals surface area (Å²) < 4.78 is 2.13. The van der Waals surface area contributed by atoms with Crippen LogP contribution in [-0.2, 0) is 6.42 Å². The summed E-state index contributed by atoms with van der Waals surface area (Å²) in [5.74, 6) is 0. The first-order valence-electron chi connectivity index (χ1n) is 5.51. The lowest BCUT2D eigenvalue weighted by Crippen LogP contribution is -2.13. The van der Waals surface area contributed by atoms with E-state index in [1.165, 1.54) is 9.13 Å². The van der Waals surface area contributed by atoms with Crippen molar-refractivity contribution in [3.8, 4) is 0 Å². The van der Waals surface area contributed by atoms with Crippen molar-refractivity contribution in [2.75, 3.05) is 0 Å². The van der Waals surface area contributed by atoms with Gasteiger partial charge in [0.2, 0.25) is 0 Å². The van der Waals surface area contributed by atoms with E-state index < -0.39 is 0 Å². The molecule has 0 aliphatic rings. The molecule has 0 spiro atoms. The second-order valence-corrected chi connectivity index (χ2v) is 6.62. The Hall–Kier alpha value is -0.100. The summed E-state index contributed by atoms with van der Waals surface area (Å²) in [5, 5.41) is 0.700. The molecule has 18 heavy (non-hydrogen) atoms. The third-order valence-electron chi connectivity index (χ3n) is 2.74. The minimum Gasteiger partial charge on any atom is -0.324 e. The van der Waals surface area contributed by atoms with Crippen molar-refractivity contribution in [2.45, 2.75) is 12.5 Å². The molecule has 0 aliphatic carbocycles. The van der Waals surface area contributed by atoms with Crippen LogP contribution in [0.2, 0.25) is 5.02 Å². The van der Waals surface area contributed by atoms with Gasteiger partial charge in [0.25, 0.3) is 0 Å². The van der Waals surface area contributed by atoms with E-state index >= 15 is 0 Å². The summed E-state index contributed by atoms with van der Waals surface area (Å²) in [4.78, 5) is 0. The quantitative estimate of drug-likeness (QED) is 0.677. The monoisotopic (exact) mass is 435 g/mol. The minimum atomic E-state index is -0.0318. The van der Waals surface area contributed by atoms with E-state index in [0.29, 0.717) is 5.02 Å². The highest BCUT2D eigenvalue weighted by Crippen LogP contribution is 2.26. The molecular formula is C14H12BrClIN. The van der Waals surface area contributed by atoms with Crippen molar-refractivity contribution in [2.24, 2.45) is 5.73 Å². The molecule has 2 N–H and O–H groups in total. The highest BCUT2D eigenvalue weighted by molar-refractivity contribution is 14.1. The van der Waals surface area contributed by atoms with Gasteiger partial charge in [-0.1, -0.05) is 29.8 Å². The van der Waals surface area contributed by atoms with Crippen LogP contribution in [0.3, 0.4) is 0 Å². The lowest BCUT2D eigenvalue weighted by molar-refractivity contribution is 0.722. The molecule has 1 unspecified atom stereocenters. The Labute approximate surface area is 134 Å². The minimum absolute atomic E-state index is 0.0318. The van der Waals surface area contributed by atoms with Gasteiger partial charge in [-0.2, -0.15) is 0 Å². The van der Waals surface area contributed by atoms with Gasteiger partial charge in [0.1, 0.15) is 0 Å². The van der Waals surface area contributed by atoms with Crippen molar-refractivity contribution in [3.05, 3.63) is 66.7 Å². The van der Waals surface area contributed by atoms with Crippen LogP contribution in [0.5, 0.6) is 0 Å². The van der Waals surface area contributed by atoms with Gasteiger partial charge >= 0.3 is 0 Å². The van der Waals surface area contributed by atoms with Gasteiger partial charge in [0.05, 0.1) is 5.02 Å². The van der Waals surface area contributed by atoms with Gasteiger partial charge in [-0.15, -0.1) is 0 Å². The van der Waals surface area contributed by atoms with Gasteiger partial charge in [0, 0.05) is 14.1 Å². The normalized spacial score (nSPS) is 12.4. The fraction of sp³-hybridized carbons (Fsp3) is 0.143. The molecule has 1 atom stereocenters. The van der Waals surface area contributed by atoms with Crippen LogP contribution in [0.25, 0.3) is 0 Å². The van der Waals surface area contributed by atoms with E-state index in [1.54, 1.807) is 0 Å². The molecule has 2 aromatic carbocycles. The van der Waals surface area contributed by atoms with E-state index in [2.05, 4.69) is 62.8 Å². The topological polar surface area (TPSA) is 26.0 Å². The first-order valence-corrected chi connectivity index (χ1v) is 7.76. The zero-order chi connectivity index (χ0) is 13.1. The molecule has 0 aliphatic heterocycles. The fourth-order valence-electron chi connectivity index (χ4n) is 1.74. The highest BCUT2D eigenvalue weighted by Gasteiger charge is 2.09. The average Bonchev–Trinajstić information content (AvgIpc) is 2.35. The summed E-state index contributed by atoms with van der Waals surface area (Å²) in [7, 11) is 0. The molecule has 4 heteroatoms. The summed E-state index contributed by atoms with van der Waals surface area (Å²) in [6.07, 6.45) is 0.814. The summed E-state index contributed by atoms with van der Waals surface area (Å²) in [5.41, 5.74) is 8.50. The first-order chi connectivity index (χ1) is 8.56. The van der Waals surface area contributed by atoms with Gasteiger partial charge in [-0.05, 0) is 80.3 Å². The van der Waals surface area contributed by atoms with Crippen molar-refractivity contribution in [3.63, 3.8) is 0 Å². The Bertz CT molecular complexity index is 542. The van der Waals surface area contributed by atoms with Crippen molar-refractivity contribution in [1.82, 2.24) is 0 Å². The largest absolute Gasteiger partial charge is 0.324 e. The smallest absolute Gasteiger partial charge is 0.0551 e. The SMILES string of the molecule is NC(Cc1ccc(I)cc1)c1ccc(Br)c(Cl)c1. The predicted molar refractivity (Wildman–Crippen MR) is 88.9 cm³/mol. The fourth-order valence-corrected chi connectivity index (χ4v) is 2.53. The lowest BCUT2D eigenvalue weighted by atomic mass is 10.00. The summed E-state index contributed by atoms with van der Waals surface area (Å²) >= 11 is 11.8. The van der Waals surface area contributed by atoms with Crippen LogP contribution in [0.15, 0.2) is 46.9 Å². The van der Waals surface area contributed by atoms with E-state index in [-0.39, 0.29) is 6.04 Å². The summed E-state index contributed by atoms with van der Waals surface area (Å²) in [6, 6.07) is 14.2. The molecule has 94 valence electrons. The Morgan fingerprint density at radius 1 is 1.17 bits per heavy atom. The maximum absolute atomic E-state index is 6.21. The van der Waals surface area contributed by atoms with Gasteiger partial charge < -0.3 is 5.73 Å². The highest BCUT2D eigenvalue weighted by atomic mass is 127. The van der Waals surface area contributed by atoms with E-state index in [1.807, 2.05) is 18.2 Å². The number of hydrogen-bond donors (Lipinski definition) is 1. The molecule has 0 fully saturated rings. The Balaban J connectivity index is 2.13. The second kappa shape index (κ2) is 6.37. The second-order valence-electron chi connectivity index (χ2n) is 4.11. The lowest BCUT2D eigenvalue weighted by Gasteiger charge is -2.13. The molecule has 0 aromatic heterocycles. The number of hydrogen-bond acceptors (Lipinski definition) is 1. The molecule has 0 heterocycles. The number of rotatable bonds is 3.